The second-order valence-electron chi connectivity index (χ2n) is 5.67. The van der Waals surface area contributed by atoms with Crippen molar-refractivity contribution in [1.29, 1.82) is 0 Å². The van der Waals surface area contributed by atoms with E-state index < -0.39 is 10.0 Å². The molecule has 0 aliphatic heterocycles. The van der Waals surface area contributed by atoms with Crippen molar-refractivity contribution in [2.24, 2.45) is 0 Å². The number of sulfonamides is 1. The van der Waals surface area contributed by atoms with E-state index in [2.05, 4.69) is 22.2 Å². The molecule has 2 aromatic carbocycles. The number of rotatable bonds is 8. The molecule has 5 nitrogen and oxygen atoms in total. The van der Waals surface area contributed by atoms with Crippen LogP contribution in [0.15, 0.2) is 53.4 Å². The fourth-order valence-electron chi connectivity index (χ4n) is 2.16. The molecular weight excluding hydrogens is 356 g/mol. The van der Waals surface area contributed by atoms with Crippen molar-refractivity contribution < 1.29 is 13.2 Å². The summed E-state index contributed by atoms with van der Waals surface area (Å²) in [6.07, 6.45) is 1.94. The quantitative estimate of drug-likeness (QED) is 0.546. The van der Waals surface area contributed by atoms with Crippen LogP contribution in [0.25, 0.3) is 0 Å². The summed E-state index contributed by atoms with van der Waals surface area (Å²) < 4.78 is 25.2. The van der Waals surface area contributed by atoms with Crippen molar-refractivity contribution >= 4 is 33.4 Å². The van der Waals surface area contributed by atoms with Crippen LogP contribution < -0.4 is 10.0 Å². The van der Waals surface area contributed by atoms with Crippen LogP contribution in [0.1, 0.15) is 22.3 Å². The Morgan fingerprint density at radius 3 is 2.52 bits per heavy atom. The third-order valence-corrected chi connectivity index (χ3v) is 5.10. The minimum Gasteiger partial charge on any atom is -0.352 e. The summed E-state index contributed by atoms with van der Waals surface area (Å²) in [5, 5.41) is 2.87. The molecule has 0 heterocycles. The van der Waals surface area contributed by atoms with Crippen LogP contribution in [0, 0.1) is 6.92 Å². The smallest absolute Gasteiger partial charge is 0.251 e. The minimum absolute atomic E-state index is 0.207. The van der Waals surface area contributed by atoms with Crippen LogP contribution in [-0.4, -0.2) is 32.9 Å². The van der Waals surface area contributed by atoms with E-state index in [1.807, 2.05) is 18.2 Å². The van der Waals surface area contributed by atoms with Crippen molar-refractivity contribution in [1.82, 2.24) is 5.32 Å². The van der Waals surface area contributed by atoms with Crippen molar-refractivity contribution in [2.45, 2.75) is 18.2 Å². The topological polar surface area (TPSA) is 75.3 Å². The van der Waals surface area contributed by atoms with Gasteiger partial charge in [0.1, 0.15) is 0 Å². The van der Waals surface area contributed by atoms with Gasteiger partial charge >= 0.3 is 0 Å². The molecule has 0 saturated carbocycles. The van der Waals surface area contributed by atoms with Gasteiger partial charge in [0.2, 0.25) is 10.0 Å². The fraction of sp³-hybridized carbons (Fsp3) is 0.278. The normalized spacial score (nSPS) is 11.1. The Balaban J connectivity index is 1.83. The van der Waals surface area contributed by atoms with Gasteiger partial charge in [0.15, 0.2) is 0 Å². The van der Waals surface area contributed by atoms with Crippen LogP contribution in [0.4, 0.5) is 5.69 Å². The number of benzene rings is 2. The standard InChI is InChI=1S/C18H22N2O3S2/c1-14-9-10-15(13-17(14)20-25(2,22)23)18(21)19-11-6-12-24-16-7-4-3-5-8-16/h3-5,7-10,13,20H,6,11-12H2,1-2H3,(H,19,21). The van der Waals surface area contributed by atoms with E-state index in [0.717, 1.165) is 24.0 Å². The average molecular weight is 379 g/mol. The Bertz CT molecular complexity index is 821. The molecule has 1 amide bonds. The molecule has 0 unspecified atom stereocenters. The summed E-state index contributed by atoms with van der Waals surface area (Å²) >= 11 is 1.75. The highest BCUT2D eigenvalue weighted by Crippen LogP contribution is 2.19. The lowest BCUT2D eigenvalue weighted by Gasteiger charge is -2.10. The largest absolute Gasteiger partial charge is 0.352 e. The predicted octanol–water partition coefficient (Wildman–Crippen LogP) is 3.28. The fourth-order valence-corrected chi connectivity index (χ4v) is 3.65. The van der Waals surface area contributed by atoms with Gasteiger partial charge in [-0.15, -0.1) is 11.8 Å². The summed E-state index contributed by atoms with van der Waals surface area (Å²) in [5.74, 6) is 0.709. The molecule has 7 heteroatoms. The number of nitrogens with one attached hydrogen (secondary N) is 2. The Morgan fingerprint density at radius 1 is 1.12 bits per heavy atom. The molecule has 2 aromatic rings. The Hall–Kier alpha value is -1.99. The van der Waals surface area contributed by atoms with Crippen molar-refractivity contribution in [3.05, 3.63) is 59.7 Å². The molecule has 0 spiro atoms. The highest BCUT2D eigenvalue weighted by Gasteiger charge is 2.10. The van der Waals surface area contributed by atoms with Gasteiger partial charge in [-0.1, -0.05) is 24.3 Å². The third-order valence-electron chi connectivity index (χ3n) is 3.41. The summed E-state index contributed by atoms with van der Waals surface area (Å²) in [6.45, 7) is 2.36. The molecular formula is C18H22N2O3S2. The molecule has 2 rings (SSSR count). The SMILES string of the molecule is Cc1ccc(C(=O)NCCCSc2ccccc2)cc1NS(C)(=O)=O. The van der Waals surface area contributed by atoms with Crippen LogP contribution >= 0.6 is 11.8 Å². The van der Waals surface area contributed by atoms with Gasteiger partial charge in [-0.05, 0) is 48.9 Å². The van der Waals surface area contributed by atoms with Crippen LogP contribution in [0.5, 0.6) is 0 Å². The van der Waals surface area contributed by atoms with E-state index >= 15 is 0 Å². The first-order chi connectivity index (χ1) is 11.8. The summed E-state index contributed by atoms with van der Waals surface area (Å²) in [5.41, 5.74) is 1.63. The Kier molecular flexibility index (Phi) is 6.90. The van der Waals surface area contributed by atoms with Gasteiger partial charge in [0.05, 0.1) is 11.9 Å². The van der Waals surface area contributed by atoms with Crippen molar-refractivity contribution in [3.63, 3.8) is 0 Å². The Morgan fingerprint density at radius 2 is 1.84 bits per heavy atom. The first kappa shape index (κ1) is 19.3. The molecule has 0 saturated heterocycles. The third kappa shape index (κ3) is 6.80. The monoisotopic (exact) mass is 378 g/mol. The number of carbonyl (C=O) groups is 1. The van der Waals surface area contributed by atoms with Gasteiger partial charge in [0.25, 0.3) is 5.91 Å². The highest BCUT2D eigenvalue weighted by atomic mass is 32.2. The summed E-state index contributed by atoms with van der Waals surface area (Å²) in [4.78, 5) is 13.4. The molecule has 134 valence electrons. The van der Waals surface area contributed by atoms with Gasteiger partial charge in [-0.2, -0.15) is 0 Å². The lowest BCUT2D eigenvalue weighted by Crippen LogP contribution is -2.25. The first-order valence-electron chi connectivity index (χ1n) is 7.89. The maximum atomic E-state index is 12.2. The van der Waals surface area contributed by atoms with E-state index in [-0.39, 0.29) is 5.91 Å². The van der Waals surface area contributed by atoms with E-state index in [1.165, 1.54) is 4.90 Å². The zero-order chi connectivity index (χ0) is 18.3. The molecule has 0 aliphatic carbocycles. The van der Waals surface area contributed by atoms with Gasteiger partial charge in [0, 0.05) is 17.0 Å². The number of thioether (sulfide) groups is 1. The number of hydrogen-bond donors (Lipinski definition) is 2. The summed E-state index contributed by atoms with van der Waals surface area (Å²) in [7, 11) is -3.38. The maximum absolute atomic E-state index is 12.2. The van der Waals surface area contributed by atoms with E-state index in [1.54, 1.807) is 36.9 Å². The molecule has 2 N–H and O–H groups in total. The van der Waals surface area contributed by atoms with Crippen LogP contribution in [0.3, 0.4) is 0 Å². The van der Waals surface area contributed by atoms with E-state index in [4.69, 9.17) is 0 Å². The minimum atomic E-state index is -3.38. The molecule has 0 atom stereocenters. The maximum Gasteiger partial charge on any atom is 0.251 e. The molecule has 0 radical (unpaired) electrons. The molecule has 0 aliphatic rings. The first-order valence-corrected chi connectivity index (χ1v) is 10.8. The number of anilines is 1. The molecule has 0 fully saturated rings. The number of aryl methyl sites for hydroxylation is 1. The lowest BCUT2D eigenvalue weighted by atomic mass is 10.1. The Labute approximate surface area is 153 Å². The van der Waals surface area contributed by atoms with Crippen LogP contribution in [0.2, 0.25) is 0 Å². The van der Waals surface area contributed by atoms with E-state index in [9.17, 15) is 13.2 Å². The van der Waals surface area contributed by atoms with Gasteiger partial charge in [-0.3, -0.25) is 9.52 Å². The van der Waals surface area contributed by atoms with Gasteiger partial charge < -0.3 is 5.32 Å². The molecule has 25 heavy (non-hydrogen) atoms. The number of hydrogen-bond acceptors (Lipinski definition) is 4. The summed E-state index contributed by atoms with van der Waals surface area (Å²) in [6, 6.07) is 15.1. The predicted molar refractivity (Wildman–Crippen MR) is 104 cm³/mol. The molecule has 0 aromatic heterocycles. The second kappa shape index (κ2) is 8.92. The zero-order valence-electron chi connectivity index (χ0n) is 14.3. The van der Waals surface area contributed by atoms with E-state index in [0.29, 0.717) is 17.8 Å². The highest BCUT2D eigenvalue weighted by molar-refractivity contribution is 7.99. The van der Waals surface area contributed by atoms with Gasteiger partial charge in [-0.25, -0.2) is 8.42 Å². The van der Waals surface area contributed by atoms with Crippen molar-refractivity contribution in [3.8, 4) is 0 Å². The zero-order valence-corrected chi connectivity index (χ0v) is 15.9. The average Bonchev–Trinajstić information content (AvgIpc) is 2.56. The second-order valence-corrected chi connectivity index (χ2v) is 8.59. The van der Waals surface area contributed by atoms with Crippen LogP contribution in [-0.2, 0) is 10.0 Å². The number of carbonyl (C=O) groups excluding carboxylic acids is 1. The molecule has 0 bridgehead atoms. The number of amides is 1. The van der Waals surface area contributed by atoms with Crippen molar-refractivity contribution in [2.75, 3.05) is 23.3 Å². The lowest BCUT2D eigenvalue weighted by molar-refractivity contribution is 0.0954.